The number of ether oxygens (including phenoxy) is 1. The first-order valence-electron chi connectivity index (χ1n) is 8.25. The number of hydrogen-bond acceptors (Lipinski definition) is 2. The van der Waals surface area contributed by atoms with Crippen molar-refractivity contribution in [2.24, 2.45) is 0 Å². The topological polar surface area (TPSA) is 43.3 Å². The molecule has 1 unspecified atom stereocenters. The maximum Gasteiger partial charge on any atom is 0.222 e. The summed E-state index contributed by atoms with van der Waals surface area (Å²) < 4.78 is 20.8. The fourth-order valence-corrected chi connectivity index (χ4v) is 2.91. The molecule has 0 aliphatic rings. The molecule has 1 amide bonds. The van der Waals surface area contributed by atoms with Crippen molar-refractivity contribution in [3.05, 3.63) is 66.1 Å². The summed E-state index contributed by atoms with van der Waals surface area (Å²) in [5, 5.41) is 4.07. The largest absolute Gasteiger partial charge is 0.494 e. The van der Waals surface area contributed by atoms with Gasteiger partial charge in [0.2, 0.25) is 5.91 Å². The van der Waals surface area contributed by atoms with Crippen LogP contribution in [0, 0.1) is 5.82 Å². The van der Waals surface area contributed by atoms with E-state index >= 15 is 0 Å². The predicted molar refractivity (Wildman–Crippen MR) is 96.1 cm³/mol. The van der Waals surface area contributed by atoms with Gasteiger partial charge in [0.05, 0.1) is 13.2 Å². The lowest BCUT2D eigenvalue weighted by molar-refractivity contribution is -0.121. The molecule has 0 bridgehead atoms. The number of aromatic nitrogens is 1. The van der Waals surface area contributed by atoms with Crippen molar-refractivity contribution in [3.8, 4) is 5.75 Å². The van der Waals surface area contributed by atoms with Crippen molar-refractivity contribution in [1.29, 1.82) is 0 Å². The number of aryl methyl sites for hydroxylation is 1. The number of benzene rings is 2. The molecule has 25 heavy (non-hydrogen) atoms. The van der Waals surface area contributed by atoms with Gasteiger partial charge in [-0.15, -0.1) is 0 Å². The third-order valence-electron chi connectivity index (χ3n) is 4.31. The molecule has 5 heteroatoms. The molecular weight excluding hydrogens is 319 g/mol. The summed E-state index contributed by atoms with van der Waals surface area (Å²) in [6, 6.07) is 14.6. The van der Waals surface area contributed by atoms with Crippen LogP contribution < -0.4 is 10.1 Å². The Labute approximate surface area is 146 Å². The Morgan fingerprint density at radius 1 is 1.24 bits per heavy atom. The van der Waals surface area contributed by atoms with Crippen LogP contribution >= 0.6 is 0 Å². The maximum atomic E-state index is 13.8. The maximum absolute atomic E-state index is 13.8. The molecule has 130 valence electrons. The van der Waals surface area contributed by atoms with Crippen molar-refractivity contribution in [1.82, 2.24) is 9.88 Å². The van der Waals surface area contributed by atoms with E-state index in [2.05, 4.69) is 9.88 Å². The summed E-state index contributed by atoms with van der Waals surface area (Å²) >= 11 is 0. The number of carbonyl (C=O) groups excluding carboxylic acids is 1. The molecule has 0 radical (unpaired) electrons. The molecule has 0 saturated carbocycles. The number of halogens is 1. The molecule has 3 rings (SSSR count). The third-order valence-corrected chi connectivity index (χ3v) is 4.31. The quantitative estimate of drug-likeness (QED) is 0.735. The van der Waals surface area contributed by atoms with Gasteiger partial charge < -0.3 is 14.6 Å². The zero-order valence-electron chi connectivity index (χ0n) is 14.3. The first-order chi connectivity index (χ1) is 12.1. The van der Waals surface area contributed by atoms with Crippen LogP contribution in [0.5, 0.6) is 5.75 Å². The Balaban J connectivity index is 1.59. The van der Waals surface area contributed by atoms with E-state index in [-0.39, 0.29) is 17.7 Å². The van der Waals surface area contributed by atoms with E-state index in [1.807, 2.05) is 43.5 Å². The normalized spacial score (nSPS) is 12.1. The smallest absolute Gasteiger partial charge is 0.222 e. The molecule has 1 aromatic heterocycles. The molecule has 1 N–H and O–H groups in total. The van der Waals surface area contributed by atoms with Gasteiger partial charge in [0, 0.05) is 24.7 Å². The van der Waals surface area contributed by atoms with Crippen LogP contribution in [-0.4, -0.2) is 17.6 Å². The molecule has 1 atom stereocenters. The molecule has 0 spiro atoms. The number of rotatable bonds is 6. The average molecular weight is 340 g/mol. The lowest BCUT2D eigenvalue weighted by Crippen LogP contribution is -2.27. The minimum atomic E-state index is -0.431. The fraction of sp³-hybridized carbons (Fsp3) is 0.250. The summed E-state index contributed by atoms with van der Waals surface area (Å²) in [6.45, 7) is 2.44. The third kappa shape index (κ3) is 3.82. The molecule has 2 aromatic carbocycles. The van der Waals surface area contributed by atoms with Gasteiger partial charge in [-0.3, -0.25) is 4.79 Å². The van der Waals surface area contributed by atoms with E-state index in [4.69, 9.17) is 4.74 Å². The van der Waals surface area contributed by atoms with E-state index in [0.717, 1.165) is 10.9 Å². The number of nitrogens with one attached hydrogen (secondary N) is 1. The van der Waals surface area contributed by atoms with Crippen LogP contribution in [0.15, 0.2) is 54.7 Å². The van der Waals surface area contributed by atoms with Crippen molar-refractivity contribution >= 4 is 16.8 Å². The molecule has 0 aliphatic carbocycles. The Bertz CT molecular complexity index is 888. The molecule has 0 aliphatic heterocycles. The average Bonchev–Trinajstić information content (AvgIpc) is 3.03. The highest BCUT2D eigenvalue weighted by Gasteiger charge is 2.12. The van der Waals surface area contributed by atoms with Gasteiger partial charge in [-0.05, 0) is 42.1 Å². The predicted octanol–water partition coefficient (Wildman–Crippen LogP) is 4.06. The summed E-state index contributed by atoms with van der Waals surface area (Å²) in [7, 11) is 1.42. The number of methoxy groups -OCH3 is 1. The zero-order chi connectivity index (χ0) is 17.8. The first-order valence-corrected chi connectivity index (χ1v) is 8.25. The number of fused-ring (bicyclic) bond motifs is 1. The van der Waals surface area contributed by atoms with Crippen molar-refractivity contribution in [2.75, 3.05) is 7.11 Å². The van der Waals surface area contributed by atoms with Crippen LogP contribution in [0.3, 0.4) is 0 Å². The standard InChI is InChI=1S/C20H21FN2O2/c1-14(16-7-8-19(25-2)17(21)13-16)22-20(24)10-12-23-11-9-15-5-3-4-6-18(15)23/h3-9,11,13-14H,10,12H2,1-2H3,(H,22,24). The van der Waals surface area contributed by atoms with Crippen LogP contribution in [-0.2, 0) is 11.3 Å². The second-order valence-corrected chi connectivity index (χ2v) is 6.00. The van der Waals surface area contributed by atoms with Crippen LogP contribution in [0.2, 0.25) is 0 Å². The number of nitrogens with zero attached hydrogens (tertiary/aromatic N) is 1. The van der Waals surface area contributed by atoms with Gasteiger partial charge in [0.15, 0.2) is 11.6 Å². The molecular formula is C20H21FN2O2. The van der Waals surface area contributed by atoms with Gasteiger partial charge in [-0.2, -0.15) is 0 Å². The molecule has 0 fully saturated rings. The van der Waals surface area contributed by atoms with E-state index in [1.54, 1.807) is 12.1 Å². The van der Waals surface area contributed by atoms with Crippen LogP contribution in [0.25, 0.3) is 10.9 Å². The minimum Gasteiger partial charge on any atom is -0.494 e. The van der Waals surface area contributed by atoms with Crippen molar-refractivity contribution in [3.63, 3.8) is 0 Å². The Kier molecular flexibility index (Phi) is 5.03. The Morgan fingerprint density at radius 3 is 2.80 bits per heavy atom. The van der Waals surface area contributed by atoms with Gasteiger partial charge in [0.1, 0.15) is 0 Å². The fourth-order valence-electron chi connectivity index (χ4n) is 2.91. The lowest BCUT2D eigenvalue weighted by Gasteiger charge is -2.15. The van der Waals surface area contributed by atoms with E-state index in [0.29, 0.717) is 18.5 Å². The molecule has 1 heterocycles. The van der Waals surface area contributed by atoms with E-state index in [1.165, 1.54) is 13.2 Å². The summed E-state index contributed by atoms with van der Waals surface area (Å²) in [5.41, 5.74) is 1.82. The number of hydrogen-bond donors (Lipinski definition) is 1. The Hall–Kier alpha value is -2.82. The van der Waals surface area contributed by atoms with Gasteiger partial charge >= 0.3 is 0 Å². The minimum absolute atomic E-state index is 0.0680. The first kappa shape index (κ1) is 17.0. The van der Waals surface area contributed by atoms with Gasteiger partial charge in [-0.1, -0.05) is 24.3 Å². The molecule has 0 saturated heterocycles. The lowest BCUT2D eigenvalue weighted by atomic mass is 10.1. The Morgan fingerprint density at radius 2 is 2.04 bits per heavy atom. The molecule has 3 aromatic rings. The number of carbonyl (C=O) groups is 1. The number of para-hydroxylation sites is 1. The highest BCUT2D eigenvalue weighted by Crippen LogP contribution is 2.22. The van der Waals surface area contributed by atoms with Crippen molar-refractivity contribution in [2.45, 2.75) is 25.9 Å². The summed E-state index contributed by atoms with van der Waals surface area (Å²) in [5.74, 6) is -0.303. The van der Waals surface area contributed by atoms with Gasteiger partial charge in [0.25, 0.3) is 0 Å². The second kappa shape index (κ2) is 7.38. The van der Waals surface area contributed by atoms with E-state index < -0.39 is 5.82 Å². The number of amides is 1. The summed E-state index contributed by atoms with van der Waals surface area (Å²) in [6.07, 6.45) is 2.35. The zero-order valence-corrected chi connectivity index (χ0v) is 14.3. The highest BCUT2D eigenvalue weighted by atomic mass is 19.1. The van der Waals surface area contributed by atoms with Gasteiger partial charge in [-0.25, -0.2) is 4.39 Å². The van der Waals surface area contributed by atoms with Crippen LogP contribution in [0.1, 0.15) is 24.9 Å². The monoisotopic (exact) mass is 340 g/mol. The van der Waals surface area contributed by atoms with Crippen LogP contribution in [0.4, 0.5) is 4.39 Å². The second-order valence-electron chi connectivity index (χ2n) is 6.00. The highest BCUT2D eigenvalue weighted by molar-refractivity contribution is 5.80. The SMILES string of the molecule is COc1ccc(C(C)NC(=O)CCn2ccc3ccccc32)cc1F. The van der Waals surface area contributed by atoms with Crippen molar-refractivity contribution < 1.29 is 13.9 Å². The molecule has 4 nitrogen and oxygen atoms in total. The summed E-state index contributed by atoms with van der Waals surface area (Å²) in [4.78, 5) is 12.2. The van der Waals surface area contributed by atoms with E-state index in [9.17, 15) is 9.18 Å².